The third kappa shape index (κ3) is 6.10. The summed E-state index contributed by atoms with van der Waals surface area (Å²) in [4.78, 5) is 16.9. The molecular weight excluding hydrogens is 587 g/mol. The number of halogens is 3. The van der Waals surface area contributed by atoms with Gasteiger partial charge in [0.25, 0.3) is 0 Å². The molecule has 3 N–H and O–H groups in total. The molecule has 0 radical (unpaired) electrons. The number of amides is 2. The summed E-state index contributed by atoms with van der Waals surface area (Å²) in [5, 5.41) is 14.9. The van der Waals surface area contributed by atoms with Crippen molar-refractivity contribution >= 4 is 56.6 Å². The van der Waals surface area contributed by atoms with E-state index in [4.69, 9.17) is 28.2 Å². The summed E-state index contributed by atoms with van der Waals surface area (Å²) in [6.07, 6.45) is 1.72. The molecule has 0 unspecified atom stereocenters. The number of anilines is 1. The van der Waals surface area contributed by atoms with Gasteiger partial charge in [0.15, 0.2) is 5.65 Å². The van der Waals surface area contributed by atoms with E-state index in [1.54, 1.807) is 16.8 Å². The molecule has 5 rings (SSSR count). The molecule has 38 heavy (non-hydrogen) atoms. The standard InChI is InChI=1S/C28H23BrCl2N6O/c29-22-17-35-37-26(13-25(36-27(22)37)21-6-2-4-8-24(21)31)32-14-18-9-11-19(12-10-18)15-33-28(38)34-16-20-5-1-3-7-23(20)30/h1-13,17,32H,14-16H2,(H2,33,34,38). The predicted octanol–water partition coefficient (Wildman–Crippen LogP) is 7.08. The second kappa shape index (κ2) is 11.9. The maximum Gasteiger partial charge on any atom is 0.315 e. The quantitative estimate of drug-likeness (QED) is 0.176. The van der Waals surface area contributed by atoms with Crippen LogP contribution >= 0.6 is 39.1 Å². The number of carbonyl (C=O) groups excluding carboxylic acids is 1. The van der Waals surface area contributed by atoms with Crippen LogP contribution in [0.4, 0.5) is 10.6 Å². The van der Waals surface area contributed by atoms with Crippen molar-refractivity contribution in [3.8, 4) is 11.3 Å². The minimum Gasteiger partial charge on any atom is -0.366 e. The molecule has 0 aliphatic carbocycles. The van der Waals surface area contributed by atoms with E-state index in [2.05, 4.69) is 37.0 Å². The Bertz CT molecular complexity index is 1590. The van der Waals surface area contributed by atoms with Gasteiger partial charge in [-0.25, -0.2) is 9.78 Å². The largest absolute Gasteiger partial charge is 0.366 e. The van der Waals surface area contributed by atoms with Gasteiger partial charge in [-0.3, -0.25) is 0 Å². The Balaban J connectivity index is 1.21. The summed E-state index contributed by atoms with van der Waals surface area (Å²) in [5.74, 6) is 0.788. The van der Waals surface area contributed by atoms with E-state index in [1.807, 2.05) is 72.8 Å². The van der Waals surface area contributed by atoms with Crippen molar-refractivity contribution in [2.75, 3.05) is 5.32 Å². The van der Waals surface area contributed by atoms with E-state index in [0.29, 0.717) is 35.3 Å². The highest BCUT2D eigenvalue weighted by Crippen LogP contribution is 2.30. The molecule has 10 heteroatoms. The number of hydrogen-bond acceptors (Lipinski definition) is 4. The van der Waals surface area contributed by atoms with Gasteiger partial charge in [-0.1, -0.05) is 83.9 Å². The van der Waals surface area contributed by atoms with Crippen LogP contribution in [0.1, 0.15) is 16.7 Å². The fraction of sp³-hybridized carbons (Fsp3) is 0.107. The topological polar surface area (TPSA) is 83.3 Å². The molecule has 5 aromatic rings. The average Bonchev–Trinajstić information content (AvgIpc) is 3.31. The Hall–Kier alpha value is -3.59. The van der Waals surface area contributed by atoms with Gasteiger partial charge in [0.1, 0.15) is 5.82 Å². The normalized spacial score (nSPS) is 10.9. The van der Waals surface area contributed by atoms with E-state index >= 15 is 0 Å². The number of hydrogen-bond donors (Lipinski definition) is 3. The van der Waals surface area contributed by atoms with Gasteiger partial charge >= 0.3 is 6.03 Å². The smallest absolute Gasteiger partial charge is 0.315 e. The monoisotopic (exact) mass is 608 g/mol. The highest BCUT2D eigenvalue weighted by Gasteiger charge is 2.13. The van der Waals surface area contributed by atoms with E-state index < -0.39 is 0 Å². The van der Waals surface area contributed by atoms with Gasteiger partial charge < -0.3 is 16.0 Å². The zero-order chi connectivity index (χ0) is 26.5. The Morgan fingerprint density at radius 3 is 2.24 bits per heavy atom. The maximum absolute atomic E-state index is 12.2. The molecule has 0 bridgehead atoms. The van der Waals surface area contributed by atoms with Gasteiger partial charge in [0.2, 0.25) is 0 Å². The van der Waals surface area contributed by atoms with Crippen molar-refractivity contribution in [2.45, 2.75) is 19.6 Å². The number of nitrogens with one attached hydrogen (secondary N) is 3. The van der Waals surface area contributed by atoms with Crippen LogP contribution in [-0.4, -0.2) is 20.6 Å². The summed E-state index contributed by atoms with van der Waals surface area (Å²) in [5.41, 5.74) is 5.23. The van der Waals surface area contributed by atoms with Crippen LogP contribution in [0.15, 0.2) is 89.5 Å². The van der Waals surface area contributed by atoms with Crippen LogP contribution in [0.5, 0.6) is 0 Å². The van der Waals surface area contributed by atoms with Crippen LogP contribution in [0.25, 0.3) is 16.9 Å². The first-order valence-corrected chi connectivity index (χ1v) is 13.4. The summed E-state index contributed by atoms with van der Waals surface area (Å²) >= 11 is 16.1. The number of carbonyl (C=O) groups is 1. The fourth-order valence-electron chi connectivity index (χ4n) is 3.90. The SMILES string of the molecule is O=C(NCc1ccc(CNc2cc(-c3ccccc3Cl)nc3c(Br)cnn23)cc1)NCc1ccccc1Cl. The lowest BCUT2D eigenvalue weighted by Gasteiger charge is -2.12. The Kier molecular flexibility index (Phi) is 8.12. The first-order valence-electron chi connectivity index (χ1n) is 11.8. The molecule has 2 heterocycles. The summed E-state index contributed by atoms with van der Waals surface area (Å²) < 4.78 is 2.55. The number of aromatic nitrogens is 3. The highest BCUT2D eigenvalue weighted by atomic mass is 79.9. The molecule has 0 saturated carbocycles. The zero-order valence-corrected chi connectivity index (χ0v) is 23.2. The number of benzene rings is 3. The summed E-state index contributed by atoms with van der Waals surface area (Å²) in [7, 11) is 0. The molecule has 0 saturated heterocycles. The van der Waals surface area contributed by atoms with Crippen molar-refractivity contribution in [2.24, 2.45) is 0 Å². The average molecular weight is 610 g/mol. The minimum atomic E-state index is -0.253. The van der Waals surface area contributed by atoms with E-state index in [1.165, 1.54) is 0 Å². The molecule has 2 amide bonds. The second-order valence-electron chi connectivity index (χ2n) is 8.53. The van der Waals surface area contributed by atoms with E-state index in [-0.39, 0.29) is 6.03 Å². The lowest BCUT2D eigenvalue weighted by Crippen LogP contribution is -2.34. The molecule has 3 aromatic carbocycles. The van der Waals surface area contributed by atoms with Crippen molar-refractivity contribution in [3.05, 3.63) is 116 Å². The van der Waals surface area contributed by atoms with Crippen molar-refractivity contribution in [3.63, 3.8) is 0 Å². The van der Waals surface area contributed by atoms with Crippen LogP contribution in [-0.2, 0) is 19.6 Å². The molecule has 7 nitrogen and oxygen atoms in total. The Labute approximate surface area is 238 Å². The Morgan fingerprint density at radius 1 is 0.842 bits per heavy atom. The van der Waals surface area contributed by atoms with Crippen LogP contribution in [0.3, 0.4) is 0 Å². The van der Waals surface area contributed by atoms with Gasteiger partial charge in [-0.05, 0) is 44.8 Å². The van der Waals surface area contributed by atoms with Gasteiger partial charge in [-0.2, -0.15) is 9.61 Å². The maximum atomic E-state index is 12.2. The number of rotatable bonds is 8. The third-order valence-electron chi connectivity index (χ3n) is 5.93. The van der Waals surface area contributed by atoms with E-state index in [9.17, 15) is 4.79 Å². The van der Waals surface area contributed by atoms with Crippen LogP contribution in [0, 0.1) is 0 Å². The molecular formula is C28H23BrCl2N6O. The van der Waals surface area contributed by atoms with Crippen molar-refractivity contribution in [1.82, 2.24) is 25.2 Å². The molecule has 0 spiro atoms. The van der Waals surface area contributed by atoms with Crippen molar-refractivity contribution in [1.29, 1.82) is 0 Å². The minimum absolute atomic E-state index is 0.253. The molecule has 192 valence electrons. The number of fused-ring (bicyclic) bond motifs is 1. The highest BCUT2D eigenvalue weighted by molar-refractivity contribution is 9.10. The lowest BCUT2D eigenvalue weighted by molar-refractivity contribution is 0.240. The summed E-state index contributed by atoms with van der Waals surface area (Å²) in [6.45, 7) is 1.35. The Morgan fingerprint density at radius 2 is 1.50 bits per heavy atom. The third-order valence-corrected chi connectivity index (χ3v) is 7.18. The first kappa shape index (κ1) is 26.0. The second-order valence-corrected chi connectivity index (χ2v) is 10.2. The molecule has 0 aliphatic heterocycles. The van der Waals surface area contributed by atoms with E-state index in [0.717, 1.165) is 38.2 Å². The molecule has 0 fully saturated rings. The first-order chi connectivity index (χ1) is 18.5. The van der Waals surface area contributed by atoms with Gasteiger partial charge in [-0.15, -0.1) is 0 Å². The van der Waals surface area contributed by atoms with Crippen LogP contribution < -0.4 is 16.0 Å². The molecule has 2 aromatic heterocycles. The number of nitrogens with zero attached hydrogens (tertiary/aromatic N) is 3. The van der Waals surface area contributed by atoms with Gasteiger partial charge in [0.05, 0.1) is 16.4 Å². The molecule has 0 aliphatic rings. The zero-order valence-electron chi connectivity index (χ0n) is 20.1. The molecule has 0 atom stereocenters. The predicted molar refractivity (Wildman–Crippen MR) is 155 cm³/mol. The van der Waals surface area contributed by atoms with Crippen molar-refractivity contribution < 1.29 is 4.79 Å². The van der Waals surface area contributed by atoms with Crippen LogP contribution in [0.2, 0.25) is 10.0 Å². The fourth-order valence-corrected chi connectivity index (χ4v) is 4.68. The summed E-state index contributed by atoms with van der Waals surface area (Å²) in [6, 6.07) is 24.8. The lowest BCUT2D eigenvalue weighted by atomic mass is 10.1. The number of urea groups is 1. The van der Waals surface area contributed by atoms with Gasteiger partial charge in [0, 0.05) is 41.3 Å².